The lowest BCUT2D eigenvalue weighted by Gasteiger charge is -2.24. The number of hydrogen-bond donors (Lipinski definition) is 0. The van der Waals surface area contributed by atoms with Gasteiger partial charge in [0.05, 0.1) is 5.88 Å². The van der Waals surface area contributed by atoms with Crippen LogP contribution >= 0.6 is 11.6 Å². The molecular weight excluding hydrogens is 284 g/mol. The molecular formula is C16H23ClN4. The molecule has 1 aliphatic rings. The number of rotatable bonds is 5. The topological polar surface area (TPSA) is 34.0 Å². The number of likely N-dealkylation sites (N-methyl/N-ethyl adjacent to an activating group) is 1. The van der Waals surface area contributed by atoms with Gasteiger partial charge in [0.1, 0.15) is 11.3 Å². The Morgan fingerprint density at radius 3 is 2.86 bits per heavy atom. The molecule has 0 spiro atoms. The number of nitrogens with zero attached hydrogens (tertiary/aromatic N) is 4. The Balaban J connectivity index is 1.80. The van der Waals surface area contributed by atoms with Crippen LogP contribution in [0.15, 0.2) is 12.3 Å². The van der Waals surface area contributed by atoms with E-state index in [2.05, 4.69) is 33.4 Å². The standard InChI is InChI=1S/C16H23ClN4/c1-12-7-8-18-16-15(12)19-14(11-17)21(16)10-9-20(2)13-5-3-4-6-13/h7-8,13H,3-6,9-11H2,1-2H3. The van der Waals surface area contributed by atoms with Crippen molar-refractivity contribution in [3.8, 4) is 0 Å². The summed E-state index contributed by atoms with van der Waals surface area (Å²) in [5, 5.41) is 0. The van der Waals surface area contributed by atoms with Crippen molar-refractivity contribution in [2.75, 3.05) is 13.6 Å². The molecule has 2 aromatic heterocycles. The van der Waals surface area contributed by atoms with Crippen molar-refractivity contribution >= 4 is 22.8 Å². The highest BCUT2D eigenvalue weighted by Crippen LogP contribution is 2.23. The van der Waals surface area contributed by atoms with Crippen LogP contribution in [-0.2, 0) is 12.4 Å². The molecule has 0 bridgehead atoms. The lowest BCUT2D eigenvalue weighted by Crippen LogP contribution is -2.32. The van der Waals surface area contributed by atoms with Gasteiger partial charge >= 0.3 is 0 Å². The maximum atomic E-state index is 6.07. The van der Waals surface area contributed by atoms with E-state index in [0.717, 1.165) is 41.7 Å². The van der Waals surface area contributed by atoms with E-state index < -0.39 is 0 Å². The van der Waals surface area contributed by atoms with Crippen molar-refractivity contribution in [2.24, 2.45) is 0 Å². The van der Waals surface area contributed by atoms with Crippen LogP contribution in [0.25, 0.3) is 11.2 Å². The minimum atomic E-state index is 0.433. The summed E-state index contributed by atoms with van der Waals surface area (Å²) in [4.78, 5) is 11.6. The van der Waals surface area contributed by atoms with Crippen molar-refractivity contribution in [1.82, 2.24) is 19.4 Å². The first kappa shape index (κ1) is 14.8. The van der Waals surface area contributed by atoms with Gasteiger partial charge in [0.2, 0.25) is 0 Å². The number of fused-ring (bicyclic) bond motifs is 1. The van der Waals surface area contributed by atoms with Gasteiger partial charge in [-0.15, -0.1) is 11.6 Å². The summed E-state index contributed by atoms with van der Waals surface area (Å²) in [5.41, 5.74) is 3.11. The number of imidazole rings is 1. The maximum Gasteiger partial charge on any atom is 0.160 e. The Hall–Kier alpha value is -1.13. The first-order valence-corrected chi connectivity index (χ1v) is 8.31. The third-order valence-corrected chi connectivity index (χ3v) is 4.90. The van der Waals surface area contributed by atoms with Crippen LogP contribution in [0, 0.1) is 6.92 Å². The first-order chi connectivity index (χ1) is 10.2. The van der Waals surface area contributed by atoms with Crippen molar-refractivity contribution in [1.29, 1.82) is 0 Å². The minimum absolute atomic E-state index is 0.433. The summed E-state index contributed by atoms with van der Waals surface area (Å²) in [6.45, 7) is 4.00. The molecule has 1 saturated carbocycles. The molecule has 114 valence electrons. The second-order valence-corrected chi connectivity index (χ2v) is 6.30. The van der Waals surface area contributed by atoms with Crippen LogP contribution in [0.5, 0.6) is 0 Å². The van der Waals surface area contributed by atoms with E-state index in [1.54, 1.807) is 0 Å². The molecule has 0 unspecified atom stereocenters. The van der Waals surface area contributed by atoms with E-state index in [0.29, 0.717) is 5.88 Å². The molecule has 3 rings (SSSR count). The van der Waals surface area contributed by atoms with Crippen molar-refractivity contribution in [3.05, 3.63) is 23.7 Å². The average molecular weight is 307 g/mol. The van der Waals surface area contributed by atoms with Crippen molar-refractivity contribution in [2.45, 2.75) is 51.1 Å². The molecule has 0 radical (unpaired) electrons. The Kier molecular flexibility index (Phi) is 4.45. The summed E-state index contributed by atoms with van der Waals surface area (Å²) >= 11 is 6.07. The molecule has 1 fully saturated rings. The lowest BCUT2D eigenvalue weighted by molar-refractivity contribution is 0.236. The number of pyridine rings is 1. The number of alkyl halides is 1. The Bertz CT molecular complexity index is 616. The fourth-order valence-electron chi connectivity index (χ4n) is 3.31. The highest BCUT2D eigenvalue weighted by Gasteiger charge is 2.20. The Morgan fingerprint density at radius 1 is 1.38 bits per heavy atom. The molecule has 2 aromatic rings. The van der Waals surface area contributed by atoms with Gasteiger partial charge in [0.25, 0.3) is 0 Å². The van der Waals surface area contributed by atoms with Crippen LogP contribution in [0.1, 0.15) is 37.1 Å². The summed E-state index contributed by atoms with van der Waals surface area (Å²) in [6.07, 6.45) is 7.27. The van der Waals surface area contributed by atoms with Crippen molar-refractivity contribution in [3.63, 3.8) is 0 Å². The number of halogens is 1. The predicted molar refractivity (Wildman–Crippen MR) is 86.7 cm³/mol. The van der Waals surface area contributed by atoms with E-state index in [-0.39, 0.29) is 0 Å². The van der Waals surface area contributed by atoms with Gasteiger partial charge < -0.3 is 9.47 Å². The molecule has 21 heavy (non-hydrogen) atoms. The van der Waals surface area contributed by atoms with Crippen LogP contribution < -0.4 is 0 Å². The van der Waals surface area contributed by atoms with Crippen LogP contribution in [0.4, 0.5) is 0 Å². The Labute approximate surface area is 131 Å². The Morgan fingerprint density at radius 2 is 2.14 bits per heavy atom. The minimum Gasteiger partial charge on any atom is -0.310 e. The summed E-state index contributed by atoms with van der Waals surface area (Å²) in [7, 11) is 2.23. The van der Waals surface area contributed by atoms with E-state index in [9.17, 15) is 0 Å². The molecule has 0 saturated heterocycles. The zero-order chi connectivity index (χ0) is 14.8. The molecule has 0 N–H and O–H groups in total. The van der Waals surface area contributed by atoms with Crippen LogP contribution in [0.3, 0.4) is 0 Å². The number of hydrogen-bond acceptors (Lipinski definition) is 3. The van der Waals surface area contributed by atoms with Gasteiger partial charge in [0, 0.05) is 25.3 Å². The molecule has 1 aliphatic carbocycles. The van der Waals surface area contributed by atoms with E-state index in [1.165, 1.54) is 25.7 Å². The quantitative estimate of drug-likeness (QED) is 0.794. The average Bonchev–Trinajstić information content (AvgIpc) is 3.13. The summed E-state index contributed by atoms with van der Waals surface area (Å²) in [6, 6.07) is 2.75. The maximum absolute atomic E-state index is 6.07. The SMILES string of the molecule is Cc1ccnc2c1nc(CCl)n2CCN(C)C1CCCC1. The van der Waals surface area contributed by atoms with Gasteiger partial charge in [-0.05, 0) is 38.4 Å². The molecule has 0 amide bonds. The lowest BCUT2D eigenvalue weighted by atomic mass is 10.2. The fourth-order valence-corrected chi connectivity index (χ4v) is 3.51. The van der Waals surface area contributed by atoms with Crippen LogP contribution in [0.2, 0.25) is 0 Å². The van der Waals surface area contributed by atoms with Gasteiger partial charge in [0.15, 0.2) is 5.65 Å². The molecule has 0 aromatic carbocycles. The zero-order valence-electron chi connectivity index (χ0n) is 12.8. The van der Waals surface area contributed by atoms with Gasteiger partial charge in [-0.3, -0.25) is 0 Å². The molecule has 2 heterocycles. The summed E-state index contributed by atoms with van der Waals surface area (Å²) in [5.74, 6) is 1.36. The molecule has 5 heteroatoms. The zero-order valence-corrected chi connectivity index (χ0v) is 13.6. The molecule has 0 aliphatic heterocycles. The van der Waals surface area contributed by atoms with Gasteiger partial charge in [-0.2, -0.15) is 0 Å². The predicted octanol–water partition coefficient (Wildman–Crippen LogP) is 3.35. The molecule has 4 nitrogen and oxygen atoms in total. The number of aryl methyl sites for hydroxylation is 1. The van der Waals surface area contributed by atoms with Crippen LogP contribution in [-0.4, -0.2) is 39.1 Å². The second-order valence-electron chi connectivity index (χ2n) is 6.03. The normalized spacial score (nSPS) is 16.4. The summed E-state index contributed by atoms with van der Waals surface area (Å²) < 4.78 is 2.18. The van der Waals surface area contributed by atoms with E-state index in [4.69, 9.17) is 11.6 Å². The molecule has 0 atom stereocenters. The second kappa shape index (κ2) is 6.32. The third-order valence-electron chi connectivity index (χ3n) is 4.66. The largest absolute Gasteiger partial charge is 0.310 e. The highest BCUT2D eigenvalue weighted by molar-refractivity contribution is 6.16. The third kappa shape index (κ3) is 2.92. The number of aromatic nitrogens is 3. The van der Waals surface area contributed by atoms with E-state index in [1.807, 2.05) is 12.3 Å². The highest BCUT2D eigenvalue weighted by atomic mass is 35.5. The smallest absolute Gasteiger partial charge is 0.160 e. The first-order valence-electron chi connectivity index (χ1n) is 7.77. The monoisotopic (exact) mass is 306 g/mol. The van der Waals surface area contributed by atoms with Gasteiger partial charge in [-0.1, -0.05) is 12.8 Å². The van der Waals surface area contributed by atoms with Crippen molar-refractivity contribution < 1.29 is 0 Å². The fraction of sp³-hybridized carbons (Fsp3) is 0.625. The van der Waals surface area contributed by atoms with Gasteiger partial charge in [-0.25, -0.2) is 9.97 Å². The van der Waals surface area contributed by atoms with E-state index >= 15 is 0 Å².